The molecule has 0 aromatic heterocycles. The van der Waals surface area contributed by atoms with E-state index in [0.29, 0.717) is 5.92 Å². The minimum atomic E-state index is -0.389. The number of nitrogens with zero attached hydrogens (tertiary/aromatic N) is 1. The van der Waals surface area contributed by atoms with Crippen molar-refractivity contribution in [3.05, 3.63) is 23.8 Å². The lowest BCUT2D eigenvalue weighted by Crippen LogP contribution is -2.37. The number of aliphatic hydroxyl groups excluding tert-OH is 1. The van der Waals surface area contributed by atoms with E-state index >= 15 is 0 Å². The zero-order chi connectivity index (χ0) is 14.8. The van der Waals surface area contributed by atoms with Crippen molar-refractivity contribution in [1.82, 2.24) is 5.32 Å². The molecule has 4 heteroatoms. The number of ether oxygens (including phenoxy) is 1. The second kappa shape index (κ2) is 6.24. The molecular formula is C17H26N2O2. The fourth-order valence-corrected chi connectivity index (χ4v) is 3.37. The lowest BCUT2D eigenvalue weighted by Gasteiger charge is -2.34. The van der Waals surface area contributed by atoms with Crippen LogP contribution < -0.4 is 15.0 Å². The molecule has 1 aromatic rings. The summed E-state index contributed by atoms with van der Waals surface area (Å²) < 4.78 is 6.00. The summed E-state index contributed by atoms with van der Waals surface area (Å²) in [6.45, 7) is 5.04. The minimum Gasteiger partial charge on any atom is -0.486 e. The first-order valence-electron chi connectivity index (χ1n) is 8.09. The molecule has 1 saturated heterocycles. The van der Waals surface area contributed by atoms with Crippen LogP contribution in [0, 0.1) is 5.92 Å². The van der Waals surface area contributed by atoms with E-state index in [9.17, 15) is 5.11 Å². The Morgan fingerprint density at radius 1 is 1.48 bits per heavy atom. The molecule has 0 bridgehead atoms. The van der Waals surface area contributed by atoms with Gasteiger partial charge in [0.15, 0.2) is 0 Å². The number of piperidine rings is 1. The summed E-state index contributed by atoms with van der Waals surface area (Å²) in [5, 5.41) is 14.0. The smallest absolute Gasteiger partial charge is 0.143 e. The van der Waals surface area contributed by atoms with Crippen molar-refractivity contribution in [2.75, 3.05) is 31.6 Å². The lowest BCUT2D eigenvalue weighted by molar-refractivity contribution is 0.0920. The summed E-state index contributed by atoms with van der Waals surface area (Å²) in [5.41, 5.74) is 2.10. The fraction of sp³-hybridized carbons (Fsp3) is 0.647. The highest BCUT2D eigenvalue weighted by molar-refractivity contribution is 5.61. The molecule has 3 rings (SSSR count). The Labute approximate surface area is 127 Å². The Balaban J connectivity index is 1.80. The van der Waals surface area contributed by atoms with Gasteiger partial charge >= 0.3 is 0 Å². The van der Waals surface area contributed by atoms with Gasteiger partial charge in [-0.2, -0.15) is 0 Å². The van der Waals surface area contributed by atoms with Crippen molar-refractivity contribution >= 4 is 5.69 Å². The van der Waals surface area contributed by atoms with E-state index in [4.69, 9.17) is 4.74 Å². The number of anilines is 1. The Hall–Kier alpha value is -1.26. The van der Waals surface area contributed by atoms with Gasteiger partial charge in [0, 0.05) is 19.5 Å². The molecule has 0 amide bonds. The molecular weight excluding hydrogens is 264 g/mol. The molecule has 0 aliphatic carbocycles. The number of aliphatic hydroxyl groups is 1. The van der Waals surface area contributed by atoms with E-state index in [1.807, 2.05) is 12.1 Å². The third-order valence-electron chi connectivity index (χ3n) is 4.74. The van der Waals surface area contributed by atoms with Crippen LogP contribution in [0.15, 0.2) is 18.2 Å². The van der Waals surface area contributed by atoms with Crippen molar-refractivity contribution in [3.63, 3.8) is 0 Å². The maximum Gasteiger partial charge on any atom is 0.143 e. The van der Waals surface area contributed by atoms with Crippen molar-refractivity contribution in [2.24, 2.45) is 5.92 Å². The normalized spacial score (nSPS) is 26.9. The van der Waals surface area contributed by atoms with Crippen LogP contribution in [-0.2, 0) is 0 Å². The van der Waals surface area contributed by atoms with Gasteiger partial charge in [0.2, 0.25) is 0 Å². The summed E-state index contributed by atoms with van der Waals surface area (Å²) in [4.78, 5) is 2.24. The Bertz CT molecular complexity index is 486. The molecule has 0 spiro atoms. The predicted molar refractivity (Wildman–Crippen MR) is 85.0 cm³/mol. The molecule has 1 aromatic carbocycles. The quantitative estimate of drug-likeness (QED) is 0.897. The third-order valence-corrected chi connectivity index (χ3v) is 4.74. The van der Waals surface area contributed by atoms with E-state index in [-0.39, 0.29) is 12.2 Å². The predicted octanol–water partition coefficient (Wildman–Crippen LogP) is 2.33. The van der Waals surface area contributed by atoms with Crippen molar-refractivity contribution in [3.8, 4) is 5.75 Å². The van der Waals surface area contributed by atoms with E-state index < -0.39 is 0 Å². The molecule has 3 unspecified atom stereocenters. The van der Waals surface area contributed by atoms with Crippen LogP contribution in [0.2, 0.25) is 0 Å². The fourth-order valence-electron chi connectivity index (χ4n) is 3.37. The van der Waals surface area contributed by atoms with Crippen molar-refractivity contribution in [2.45, 2.75) is 38.4 Å². The minimum absolute atomic E-state index is 0.265. The molecule has 0 saturated carbocycles. The first-order chi connectivity index (χ1) is 10.2. The van der Waals surface area contributed by atoms with E-state index in [1.54, 1.807) is 0 Å². The van der Waals surface area contributed by atoms with Crippen LogP contribution in [0.1, 0.15) is 37.9 Å². The summed E-state index contributed by atoms with van der Waals surface area (Å²) >= 11 is 0. The van der Waals surface area contributed by atoms with Crippen LogP contribution in [0.5, 0.6) is 5.75 Å². The number of hydrogen-bond acceptors (Lipinski definition) is 4. The molecule has 4 nitrogen and oxygen atoms in total. The van der Waals surface area contributed by atoms with E-state index in [0.717, 1.165) is 55.9 Å². The molecule has 2 aliphatic heterocycles. The van der Waals surface area contributed by atoms with Crippen LogP contribution in [0.3, 0.4) is 0 Å². The van der Waals surface area contributed by atoms with Gasteiger partial charge in [-0.05, 0) is 43.5 Å². The Morgan fingerprint density at radius 2 is 2.33 bits per heavy atom. The molecule has 21 heavy (non-hydrogen) atoms. The van der Waals surface area contributed by atoms with E-state index in [1.165, 1.54) is 0 Å². The highest BCUT2D eigenvalue weighted by Crippen LogP contribution is 2.37. The topological polar surface area (TPSA) is 44.7 Å². The lowest BCUT2D eigenvalue weighted by atomic mass is 9.89. The SMILES string of the molecule is CCC1CN(C)c2cc(C(O)C3CCCNC3)ccc2O1. The number of nitrogens with one attached hydrogen (secondary N) is 1. The third kappa shape index (κ3) is 3.01. The summed E-state index contributed by atoms with van der Waals surface area (Å²) in [6.07, 6.45) is 3.13. The second-order valence-corrected chi connectivity index (χ2v) is 6.31. The molecule has 2 aliphatic rings. The molecule has 1 fully saturated rings. The number of hydrogen-bond donors (Lipinski definition) is 2. The molecule has 3 atom stereocenters. The standard InChI is InChI=1S/C17H26N2O2/c1-3-14-11-19(2)15-9-12(6-7-16(15)21-14)17(20)13-5-4-8-18-10-13/h6-7,9,13-14,17-18,20H,3-5,8,10-11H2,1-2H3. The number of fused-ring (bicyclic) bond motifs is 1. The average molecular weight is 290 g/mol. The van der Waals surface area contributed by atoms with Gasteiger partial charge in [-0.1, -0.05) is 13.0 Å². The summed E-state index contributed by atoms with van der Waals surface area (Å²) in [5.74, 6) is 1.25. The maximum absolute atomic E-state index is 10.6. The summed E-state index contributed by atoms with van der Waals surface area (Å²) in [7, 11) is 2.10. The van der Waals surface area contributed by atoms with Crippen LogP contribution in [0.25, 0.3) is 0 Å². The van der Waals surface area contributed by atoms with Gasteiger partial charge in [0.1, 0.15) is 11.9 Å². The number of likely N-dealkylation sites (N-methyl/N-ethyl adjacent to an activating group) is 1. The molecule has 2 heterocycles. The first kappa shape index (κ1) is 14.7. The Kier molecular flexibility index (Phi) is 4.36. The van der Waals surface area contributed by atoms with Crippen LogP contribution in [0.4, 0.5) is 5.69 Å². The number of rotatable bonds is 3. The zero-order valence-electron chi connectivity index (χ0n) is 13.0. The molecule has 2 N–H and O–H groups in total. The van der Waals surface area contributed by atoms with Gasteiger partial charge < -0.3 is 20.1 Å². The van der Waals surface area contributed by atoms with Gasteiger partial charge in [-0.15, -0.1) is 0 Å². The molecule has 116 valence electrons. The molecule has 0 radical (unpaired) electrons. The second-order valence-electron chi connectivity index (χ2n) is 6.31. The summed E-state index contributed by atoms with van der Waals surface area (Å²) in [6, 6.07) is 6.13. The van der Waals surface area contributed by atoms with Crippen LogP contribution >= 0.6 is 0 Å². The average Bonchev–Trinajstić information content (AvgIpc) is 2.54. The van der Waals surface area contributed by atoms with Gasteiger partial charge in [0.25, 0.3) is 0 Å². The first-order valence-corrected chi connectivity index (χ1v) is 8.09. The largest absolute Gasteiger partial charge is 0.486 e. The highest BCUT2D eigenvalue weighted by atomic mass is 16.5. The van der Waals surface area contributed by atoms with Crippen LogP contribution in [-0.4, -0.2) is 37.9 Å². The van der Waals surface area contributed by atoms with Gasteiger partial charge in [-0.25, -0.2) is 0 Å². The number of benzene rings is 1. The van der Waals surface area contributed by atoms with Crippen molar-refractivity contribution in [1.29, 1.82) is 0 Å². The van der Waals surface area contributed by atoms with Crippen molar-refractivity contribution < 1.29 is 9.84 Å². The maximum atomic E-state index is 10.6. The van der Waals surface area contributed by atoms with Gasteiger partial charge in [0.05, 0.1) is 18.3 Å². The van der Waals surface area contributed by atoms with E-state index in [2.05, 4.69) is 30.3 Å². The zero-order valence-corrected chi connectivity index (χ0v) is 13.0. The van der Waals surface area contributed by atoms with Gasteiger partial charge in [-0.3, -0.25) is 0 Å². The monoisotopic (exact) mass is 290 g/mol. The Morgan fingerprint density at radius 3 is 3.05 bits per heavy atom. The highest BCUT2D eigenvalue weighted by Gasteiger charge is 2.26.